The second-order valence-electron chi connectivity index (χ2n) is 8.86. The molecule has 2 aromatic rings. The lowest BCUT2D eigenvalue weighted by Crippen LogP contribution is -2.52. The van der Waals surface area contributed by atoms with Crippen LogP contribution in [0.2, 0.25) is 5.02 Å². The third-order valence-electron chi connectivity index (χ3n) is 7.16. The van der Waals surface area contributed by atoms with E-state index in [1.807, 2.05) is 6.07 Å². The van der Waals surface area contributed by atoms with Crippen LogP contribution in [-0.4, -0.2) is 44.8 Å². The van der Waals surface area contributed by atoms with E-state index in [0.29, 0.717) is 23.4 Å². The summed E-state index contributed by atoms with van der Waals surface area (Å²) in [6.45, 7) is 0.877. The zero-order valence-electron chi connectivity index (χ0n) is 16.2. The number of halogens is 2. The maximum Gasteiger partial charge on any atom is 0.124 e. The van der Waals surface area contributed by atoms with E-state index in [-0.39, 0.29) is 17.8 Å². The molecule has 1 aromatic carbocycles. The van der Waals surface area contributed by atoms with E-state index in [2.05, 4.69) is 16.0 Å². The zero-order chi connectivity index (χ0) is 20.1. The smallest absolute Gasteiger partial charge is 0.124 e. The molecule has 154 valence electrons. The quantitative estimate of drug-likeness (QED) is 0.797. The number of rotatable bonds is 3. The van der Waals surface area contributed by atoms with E-state index in [1.165, 1.54) is 12.1 Å². The zero-order valence-corrected chi connectivity index (χ0v) is 17.0. The summed E-state index contributed by atoms with van der Waals surface area (Å²) in [6, 6.07) is 8.96. The third kappa shape index (κ3) is 3.48. The van der Waals surface area contributed by atoms with Gasteiger partial charge in [-0.3, -0.25) is 9.88 Å². The third-order valence-corrected chi connectivity index (χ3v) is 7.49. The normalized spacial score (nSPS) is 34.2. The van der Waals surface area contributed by atoms with E-state index in [0.717, 1.165) is 49.0 Å². The van der Waals surface area contributed by atoms with Gasteiger partial charge in [0.1, 0.15) is 5.82 Å². The number of hydrogen-bond donors (Lipinski definition) is 2. The monoisotopic (exact) mass is 416 g/mol. The van der Waals surface area contributed by atoms with Gasteiger partial charge < -0.3 is 10.2 Å². The number of hydrogen-bond acceptors (Lipinski definition) is 4. The molecule has 2 N–H and O–H groups in total. The molecule has 2 fully saturated rings. The Morgan fingerprint density at radius 2 is 2.03 bits per heavy atom. The van der Waals surface area contributed by atoms with Gasteiger partial charge in [0.25, 0.3) is 0 Å². The number of piperidine rings is 1. The van der Waals surface area contributed by atoms with Gasteiger partial charge in [0.05, 0.1) is 17.9 Å². The molecule has 1 unspecified atom stereocenters. The molecule has 0 radical (unpaired) electrons. The van der Waals surface area contributed by atoms with Crippen molar-refractivity contribution in [3.8, 4) is 0 Å². The molecule has 6 atom stereocenters. The Hall–Kier alpha value is -1.53. The second kappa shape index (κ2) is 7.62. The molecule has 4 nitrogen and oxygen atoms in total. The number of aromatic nitrogens is 1. The van der Waals surface area contributed by atoms with Crippen molar-refractivity contribution in [3.05, 3.63) is 64.2 Å². The predicted molar refractivity (Wildman–Crippen MR) is 109 cm³/mol. The van der Waals surface area contributed by atoms with Gasteiger partial charge >= 0.3 is 0 Å². The van der Waals surface area contributed by atoms with Crippen molar-refractivity contribution in [1.29, 1.82) is 0 Å². The number of nitrogens with zero attached hydrogens (tertiary/aromatic N) is 2. The molecule has 0 spiro atoms. The Labute approximate surface area is 175 Å². The first-order chi connectivity index (χ1) is 14.0. The molecular weight excluding hydrogens is 391 g/mol. The Morgan fingerprint density at radius 1 is 1.17 bits per heavy atom. The molecule has 6 heteroatoms. The van der Waals surface area contributed by atoms with Crippen LogP contribution in [0, 0.1) is 11.7 Å². The van der Waals surface area contributed by atoms with Gasteiger partial charge in [-0.2, -0.15) is 0 Å². The molecule has 2 saturated heterocycles. The lowest BCUT2D eigenvalue weighted by molar-refractivity contribution is -0.0150. The summed E-state index contributed by atoms with van der Waals surface area (Å²) in [6.07, 6.45) is 5.20. The molecule has 0 amide bonds. The van der Waals surface area contributed by atoms with Crippen molar-refractivity contribution in [3.63, 3.8) is 0 Å². The van der Waals surface area contributed by atoms with Crippen LogP contribution in [0.3, 0.4) is 0 Å². The highest BCUT2D eigenvalue weighted by molar-refractivity contribution is 6.31. The molecule has 29 heavy (non-hydrogen) atoms. The lowest BCUT2D eigenvalue weighted by atomic mass is 9.80. The first-order valence-electron chi connectivity index (χ1n) is 10.5. The summed E-state index contributed by atoms with van der Waals surface area (Å²) in [5.74, 6) is -0.0547. The summed E-state index contributed by atoms with van der Waals surface area (Å²) < 4.78 is 13.5. The van der Waals surface area contributed by atoms with Gasteiger partial charge in [0, 0.05) is 35.8 Å². The van der Waals surface area contributed by atoms with Gasteiger partial charge in [-0.15, -0.1) is 0 Å². The topological polar surface area (TPSA) is 56.6 Å². The molecule has 2 aliphatic heterocycles. The summed E-state index contributed by atoms with van der Waals surface area (Å²) in [5.41, 5.74) is 2.80. The number of fused-ring (bicyclic) bond motifs is 3. The molecule has 0 saturated carbocycles. The van der Waals surface area contributed by atoms with Gasteiger partial charge in [0.2, 0.25) is 0 Å². The number of benzene rings is 1. The molecule has 5 rings (SSSR count). The average molecular weight is 417 g/mol. The highest BCUT2D eigenvalue weighted by atomic mass is 35.5. The first kappa shape index (κ1) is 19.4. The number of aliphatic hydroxyl groups excluding tert-OH is 2. The van der Waals surface area contributed by atoms with Crippen molar-refractivity contribution >= 4 is 11.6 Å². The van der Waals surface area contributed by atoms with Gasteiger partial charge in [-0.25, -0.2) is 4.39 Å². The summed E-state index contributed by atoms with van der Waals surface area (Å²) >= 11 is 6.30. The van der Waals surface area contributed by atoms with Crippen LogP contribution in [-0.2, 0) is 6.42 Å². The van der Waals surface area contributed by atoms with Crippen molar-refractivity contribution in [2.45, 2.75) is 62.3 Å². The van der Waals surface area contributed by atoms with Crippen molar-refractivity contribution in [2.24, 2.45) is 5.92 Å². The fourth-order valence-corrected chi connectivity index (χ4v) is 6.17. The number of pyridine rings is 1. The highest BCUT2D eigenvalue weighted by Gasteiger charge is 2.48. The van der Waals surface area contributed by atoms with Gasteiger partial charge in [-0.05, 0) is 67.3 Å². The van der Waals surface area contributed by atoms with Crippen LogP contribution in [0.15, 0.2) is 36.5 Å². The van der Waals surface area contributed by atoms with Crippen molar-refractivity contribution in [1.82, 2.24) is 9.88 Å². The summed E-state index contributed by atoms with van der Waals surface area (Å²) in [5, 5.41) is 22.1. The standard InChI is InChI=1S/C23H26ClFN2O2/c24-19-10-15(25)3-5-17(19)18-11-16-4-6-20(23(18)29)27(16)12-13-8-14-2-1-7-26-22(14)21(28)9-13/h1-3,5,7,10,13,16,18,20-21,23,28-29H,4,6,8-9,11-12H2/t13-,16?,18-,20+,21+,23-/m1/s1. The van der Waals surface area contributed by atoms with E-state index in [4.69, 9.17) is 11.6 Å². The summed E-state index contributed by atoms with van der Waals surface area (Å²) in [4.78, 5) is 6.81. The minimum Gasteiger partial charge on any atom is -0.391 e. The van der Waals surface area contributed by atoms with E-state index < -0.39 is 12.2 Å². The minimum atomic E-state index is -0.515. The van der Waals surface area contributed by atoms with Gasteiger partial charge in [-0.1, -0.05) is 23.7 Å². The van der Waals surface area contributed by atoms with E-state index in [1.54, 1.807) is 12.3 Å². The Kier molecular flexibility index (Phi) is 5.11. The average Bonchev–Trinajstić information content (AvgIpc) is 2.99. The van der Waals surface area contributed by atoms with Crippen LogP contribution in [0.25, 0.3) is 0 Å². The first-order valence-corrected chi connectivity index (χ1v) is 10.9. The van der Waals surface area contributed by atoms with Crippen molar-refractivity contribution in [2.75, 3.05) is 6.54 Å². The fraction of sp³-hybridized carbons (Fsp3) is 0.522. The van der Waals surface area contributed by atoms with E-state index >= 15 is 0 Å². The molecular formula is C23H26ClFN2O2. The SMILES string of the molecule is O[C@@H]1[C@@H](c2ccc(F)cc2Cl)CC2CC[C@@H]1N2C[C@@H]1Cc2cccnc2[C@@H](O)C1. The maximum absolute atomic E-state index is 13.5. The van der Waals surface area contributed by atoms with Crippen LogP contribution >= 0.6 is 11.6 Å². The molecule has 3 heterocycles. The van der Waals surface area contributed by atoms with Crippen LogP contribution in [0.4, 0.5) is 4.39 Å². The van der Waals surface area contributed by atoms with E-state index in [9.17, 15) is 14.6 Å². The summed E-state index contributed by atoms with van der Waals surface area (Å²) in [7, 11) is 0. The molecule has 1 aliphatic carbocycles. The lowest BCUT2D eigenvalue weighted by Gasteiger charge is -2.45. The molecule has 1 aromatic heterocycles. The molecule has 2 bridgehead atoms. The maximum atomic E-state index is 13.5. The Morgan fingerprint density at radius 3 is 2.86 bits per heavy atom. The number of aliphatic hydroxyl groups is 2. The van der Waals surface area contributed by atoms with Gasteiger partial charge in [0.15, 0.2) is 0 Å². The largest absolute Gasteiger partial charge is 0.391 e. The fourth-order valence-electron chi connectivity index (χ4n) is 5.87. The Balaban J connectivity index is 1.33. The Bertz CT molecular complexity index is 910. The predicted octanol–water partition coefficient (Wildman–Crippen LogP) is 3.85. The van der Waals surface area contributed by atoms with Crippen molar-refractivity contribution < 1.29 is 14.6 Å². The highest BCUT2D eigenvalue weighted by Crippen LogP contribution is 2.46. The van der Waals surface area contributed by atoms with Crippen LogP contribution < -0.4 is 0 Å². The van der Waals surface area contributed by atoms with Crippen LogP contribution in [0.1, 0.15) is 54.5 Å². The molecule has 3 aliphatic rings. The van der Waals surface area contributed by atoms with Crippen LogP contribution in [0.5, 0.6) is 0 Å². The second-order valence-corrected chi connectivity index (χ2v) is 9.27. The minimum absolute atomic E-state index is 0.0567.